The summed E-state index contributed by atoms with van der Waals surface area (Å²) in [7, 11) is 2.12. The maximum absolute atomic E-state index is 4.31. The molecule has 2 rings (SSSR count). The van der Waals surface area contributed by atoms with Crippen molar-refractivity contribution in [2.45, 2.75) is 39.9 Å². The molecule has 114 valence electrons. The molecule has 21 heavy (non-hydrogen) atoms. The summed E-state index contributed by atoms with van der Waals surface area (Å²) in [5.74, 6) is 0. The zero-order valence-corrected chi connectivity index (χ0v) is 15.4. The van der Waals surface area contributed by atoms with Crippen LogP contribution >= 0.6 is 27.3 Å². The topological polar surface area (TPSA) is 28.2 Å². The number of nitrogens with one attached hydrogen (secondary N) is 1. The quantitative estimate of drug-likeness (QED) is 0.822. The molecule has 0 saturated heterocycles. The molecule has 5 heteroatoms. The molecule has 0 aliphatic heterocycles. The molecule has 3 nitrogen and oxygen atoms in total. The van der Waals surface area contributed by atoms with Crippen LogP contribution in [-0.4, -0.2) is 18.1 Å². The van der Waals surface area contributed by atoms with E-state index in [1.54, 1.807) is 11.3 Å². The molecule has 1 heterocycles. The summed E-state index contributed by atoms with van der Waals surface area (Å²) >= 11 is 5.40. The number of nitrogens with zero attached hydrogens (tertiary/aromatic N) is 2. The van der Waals surface area contributed by atoms with E-state index in [2.05, 4.69) is 77.1 Å². The molecular formula is C16H22BrN3S. The van der Waals surface area contributed by atoms with Gasteiger partial charge in [0.1, 0.15) is 0 Å². The largest absolute Gasteiger partial charge is 0.369 e. The van der Waals surface area contributed by atoms with Gasteiger partial charge in [-0.3, -0.25) is 0 Å². The number of aromatic nitrogens is 1. The lowest BCUT2D eigenvalue weighted by Crippen LogP contribution is -2.22. The van der Waals surface area contributed by atoms with Crippen LogP contribution in [0.3, 0.4) is 0 Å². The molecule has 0 aliphatic rings. The average Bonchev–Trinajstić information content (AvgIpc) is 2.82. The first kappa shape index (κ1) is 16.5. The Labute approximate surface area is 139 Å². The van der Waals surface area contributed by atoms with E-state index in [1.165, 1.54) is 16.1 Å². The van der Waals surface area contributed by atoms with Crippen molar-refractivity contribution >= 4 is 33.0 Å². The van der Waals surface area contributed by atoms with Crippen LogP contribution in [0, 0.1) is 6.92 Å². The molecule has 0 radical (unpaired) electrons. The molecule has 1 N–H and O–H groups in total. The van der Waals surface area contributed by atoms with Crippen molar-refractivity contribution in [3.05, 3.63) is 44.3 Å². The van der Waals surface area contributed by atoms with Gasteiger partial charge in [0.05, 0.1) is 17.7 Å². The Morgan fingerprint density at radius 1 is 1.38 bits per heavy atom. The first-order valence-corrected chi connectivity index (χ1v) is 8.76. The SMILES string of the molecule is Cc1ncsc1CN(C)c1ccc(CNC(C)C)c(Br)c1. The number of rotatable bonds is 6. The summed E-state index contributed by atoms with van der Waals surface area (Å²) in [5, 5.41) is 3.44. The van der Waals surface area contributed by atoms with E-state index in [-0.39, 0.29) is 0 Å². The Balaban J connectivity index is 2.06. The highest BCUT2D eigenvalue weighted by Crippen LogP contribution is 2.25. The minimum atomic E-state index is 0.494. The first-order chi connectivity index (χ1) is 9.97. The van der Waals surface area contributed by atoms with Crippen LogP contribution in [0.2, 0.25) is 0 Å². The summed E-state index contributed by atoms with van der Waals surface area (Å²) < 4.78 is 1.15. The van der Waals surface area contributed by atoms with Gasteiger partial charge in [-0.05, 0) is 24.6 Å². The molecule has 0 aliphatic carbocycles. The fourth-order valence-corrected chi connectivity index (χ4v) is 3.35. The summed E-state index contributed by atoms with van der Waals surface area (Å²) in [5.41, 5.74) is 5.54. The highest BCUT2D eigenvalue weighted by atomic mass is 79.9. The van der Waals surface area contributed by atoms with E-state index in [9.17, 15) is 0 Å². The monoisotopic (exact) mass is 367 g/mol. The third-order valence-corrected chi connectivity index (χ3v) is 5.06. The molecule has 1 aromatic heterocycles. The van der Waals surface area contributed by atoms with Crippen LogP contribution in [-0.2, 0) is 13.1 Å². The predicted octanol–water partition coefficient (Wildman–Crippen LogP) is 4.35. The van der Waals surface area contributed by atoms with Crippen molar-refractivity contribution in [3.8, 4) is 0 Å². The molecule has 2 aromatic rings. The Bertz CT molecular complexity index is 595. The van der Waals surface area contributed by atoms with Gasteiger partial charge in [-0.15, -0.1) is 11.3 Å². The molecular weight excluding hydrogens is 346 g/mol. The number of hydrogen-bond acceptors (Lipinski definition) is 4. The average molecular weight is 368 g/mol. The minimum absolute atomic E-state index is 0.494. The molecule has 0 saturated carbocycles. The first-order valence-electron chi connectivity index (χ1n) is 7.09. The minimum Gasteiger partial charge on any atom is -0.369 e. The Morgan fingerprint density at radius 2 is 2.14 bits per heavy atom. The smallest absolute Gasteiger partial charge is 0.0798 e. The highest BCUT2D eigenvalue weighted by molar-refractivity contribution is 9.10. The highest BCUT2D eigenvalue weighted by Gasteiger charge is 2.09. The lowest BCUT2D eigenvalue weighted by molar-refractivity contribution is 0.588. The lowest BCUT2D eigenvalue weighted by atomic mass is 10.2. The Kier molecular flexibility index (Phi) is 5.79. The zero-order valence-electron chi connectivity index (χ0n) is 13.0. The molecule has 1 aromatic carbocycles. The fourth-order valence-electron chi connectivity index (χ4n) is 2.02. The second kappa shape index (κ2) is 7.38. The van der Waals surface area contributed by atoms with E-state index in [0.717, 1.165) is 23.3 Å². The number of aryl methyl sites for hydroxylation is 1. The van der Waals surface area contributed by atoms with Crippen molar-refractivity contribution < 1.29 is 0 Å². The molecule has 0 amide bonds. The number of thiazole rings is 1. The maximum Gasteiger partial charge on any atom is 0.0798 e. The van der Waals surface area contributed by atoms with Gasteiger partial charge in [-0.2, -0.15) is 0 Å². The van der Waals surface area contributed by atoms with Crippen molar-refractivity contribution in [1.29, 1.82) is 0 Å². The van der Waals surface area contributed by atoms with Gasteiger partial charge in [-0.1, -0.05) is 35.8 Å². The van der Waals surface area contributed by atoms with E-state index >= 15 is 0 Å². The van der Waals surface area contributed by atoms with Crippen LogP contribution in [0.25, 0.3) is 0 Å². The third-order valence-electron chi connectivity index (χ3n) is 3.40. The van der Waals surface area contributed by atoms with Crippen LogP contribution in [0.15, 0.2) is 28.2 Å². The summed E-state index contributed by atoms with van der Waals surface area (Å²) in [4.78, 5) is 7.88. The molecule has 0 unspecified atom stereocenters. The van der Waals surface area contributed by atoms with Gasteiger partial charge in [0, 0.05) is 34.7 Å². The number of halogens is 1. The van der Waals surface area contributed by atoms with E-state index in [0.29, 0.717) is 6.04 Å². The predicted molar refractivity (Wildman–Crippen MR) is 95.1 cm³/mol. The molecule has 0 atom stereocenters. The van der Waals surface area contributed by atoms with Gasteiger partial charge >= 0.3 is 0 Å². The lowest BCUT2D eigenvalue weighted by Gasteiger charge is -2.20. The summed E-state index contributed by atoms with van der Waals surface area (Å²) in [6, 6.07) is 7.05. The second-order valence-electron chi connectivity index (χ2n) is 5.53. The summed E-state index contributed by atoms with van der Waals surface area (Å²) in [6.45, 7) is 8.17. The normalized spacial score (nSPS) is 11.1. The van der Waals surface area contributed by atoms with Gasteiger partial charge in [0.2, 0.25) is 0 Å². The van der Waals surface area contributed by atoms with Gasteiger partial charge < -0.3 is 10.2 Å². The van der Waals surface area contributed by atoms with Crippen LogP contribution in [0.5, 0.6) is 0 Å². The van der Waals surface area contributed by atoms with Crippen LogP contribution < -0.4 is 10.2 Å². The second-order valence-corrected chi connectivity index (χ2v) is 7.32. The Hall–Kier alpha value is -0.910. The fraction of sp³-hybridized carbons (Fsp3) is 0.438. The van der Waals surface area contributed by atoms with E-state index in [1.807, 2.05) is 5.51 Å². The van der Waals surface area contributed by atoms with Crippen molar-refractivity contribution in [3.63, 3.8) is 0 Å². The van der Waals surface area contributed by atoms with Crippen molar-refractivity contribution in [2.24, 2.45) is 0 Å². The van der Waals surface area contributed by atoms with Gasteiger partial charge in [0.25, 0.3) is 0 Å². The van der Waals surface area contributed by atoms with Crippen molar-refractivity contribution in [2.75, 3.05) is 11.9 Å². The number of anilines is 1. The number of hydrogen-bond donors (Lipinski definition) is 1. The molecule has 0 spiro atoms. The standard InChI is InChI=1S/C16H22BrN3S/c1-11(2)18-8-13-5-6-14(7-15(13)17)20(4)9-16-12(3)19-10-21-16/h5-7,10-11,18H,8-9H2,1-4H3. The van der Waals surface area contributed by atoms with E-state index in [4.69, 9.17) is 0 Å². The maximum atomic E-state index is 4.31. The summed E-state index contributed by atoms with van der Waals surface area (Å²) in [6.07, 6.45) is 0. The third kappa shape index (κ3) is 4.53. The Morgan fingerprint density at radius 3 is 2.71 bits per heavy atom. The number of benzene rings is 1. The molecule has 0 fully saturated rings. The van der Waals surface area contributed by atoms with Crippen LogP contribution in [0.1, 0.15) is 30.0 Å². The van der Waals surface area contributed by atoms with Crippen LogP contribution in [0.4, 0.5) is 5.69 Å². The van der Waals surface area contributed by atoms with Gasteiger partial charge in [0.15, 0.2) is 0 Å². The zero-order chi connectivity index (χ0) is 15.4. The molecule has 0 bridgehead atoms. The van der Waals surface area contributed by atoms with Gasteiger partial charge in [-0.25, -0.2) is 4.98 Å². The van der Waals surface area contributed by atoms with E-state index < -0.39 is 0 Å². The van der Waals surface area contributed by atoms with Crippen molar-refractivity contribution in [1.82, 2.24) is 10.3 Å².